The van der Waals surface area contributed by atoms with Crippen LogP contribution in [0.4, 0.5) is 4.39 Å². The van der Waals surface area contributed by atoms with Gasteiger partial charge in [-0.15, -0.1) is 0 Å². The van der Waals surface area contributed by atoms with Crippen LogP contribution in [0.25, 0.3) is 0 Å². The number of nitrogens with two attached hydrogens (primary N) is 1. The Hall–Kier alpha value is -1.13. The molecule has 0 spiro atoms. The van der Waals surface area contributed by atoms with Crippen LogP contribution in [0.5, 0.6) is 5.75 Å². The van der Waals surface area contributed by atoms with Gasteiger partial charge < -0.3 is 15.2 Å². The molecule has 0 bridgehead atoms. The fraction of sp³-hybridized carbons (Fsp3) is 0.571. The number of hydrogen-bond donors (Lipinski definition) is 1. The van der Waals surface area contributed by atoms with Crippen molar-refractivity contribution < 1.29 is 13.9 Å². The molecule has 1 aromatic rings. The van der Waals surface area contributed by atoms with Crippen LogP contribution >= 0.6 is 0 Å². The Morgan fingerprint density at radius 3 is 2.61 bits per heavy atom. The second kappa shape index (κ2) is 4.52. The fourth-order valence-electron chi connectivity index (χ4n) is 2.30. The molecule has 0 unspecified atom stereocenters. The van der Waals surface area contributed by atoms with Crippen LogP contribution in [0, 0.1) is 5.82 Å². The first-order chi connectivity index (χ1) is 8.67. The molecular formula is C14H18FNO2. The predicted molar refractivity (Wildman–Crippen MR) is 66.0 cm³/mol. The van der Waals surface area contributed by atoms with E-state index in [9.17, 15) is 4.39 Å². The van der Waals surface area contributed by atoms with E-state index in [4.69, 9.17) is 15.2 Å². The van der Waals surface area contributed by atoms with Gasteiger partial charge in [0.1, 0.15) is 6.10 Å². The average molecular weight is 251 g/mol. The molecule has 0 amide bonds. The van der Waals surface area contributed by atoms with Gasteiger partial charge in [-0.1, -0.05) is 6.07 Å². The quantitative estimate of drug-likeness (QED) is 0.896. The Labute approximate surface area is 106 Å². The summed E-state index contributed by atoms with van der Waals surface area (Å²) in [5, 5.41) is 0. The van der Waals surface area contributed by atoms with E-state index in [1.165, 1.54) is 6.07 Å². The lowest BCUT2D eigenvalue weighted by Gasteiger charge is -2.23. The van der Waals surface area contributed by atoms with Crippen molar-refractivity contribution in [3.05, 3.63) is 29.6 Å². The molecule has 0 radical (unpaired) electrons. The van der Waals surface area contributed by atoms with E-state index in [1.807, 2.05) is 6.07 Å². The van der Waals surface area contributed by atoms with Crippen LogP contribution in [0.1, 0.15) is 31.2 Å². The van der Waals surface area contributed by atoms with E-state index >= 15 is 0 Å². The summed E-state index contributed by atoms with van der Waals surface area (Å²) in [6.07, 6.45) is 3.58. The summed E-state index contributed by atoms with van der Waals surface area (Å²) in [6.45, 7) is 1.38. The van der Waals surface area contributed by atoms with Crippen LogP contribution in [0.15, 0.2) is 18.2 Å². The molecule has 1 saturated carbocycles. The Kier molecular flexibility index (Phi) is 2.99. The predicted octanol–water partition coefficient (Wildman–Crippen LogP) is 2.33. The maximum absolute atomic E-state index is 14.0. The van der Waals surface area contributed by atoms with E-state index in [0.717, 1.165) is 31.2 Å². The first-order valence-corrected chi connectivity index (χ1v) is 6.51. The lowest BCUT2D eigenvalue weighted by atomic mass is 10.1. The molecule has 1 heterocycles. The van der Waals surface area contributed by atoms with Crippen LogP contribution in [0.2, 0.25) is 0 Å². The van der Waals surface area contributed by atoms with Gasteiger partial charge in [0.2, 0.25) is 0 Å². The average Bonchev–Trinajstić information content (AvgIpc) is 3.12. The van der Waals surface area contributed by atoms with Crippen molar-refractivity contribution in [3.8, 4) is 5.75 Å². The molecule has 98 valence electrons. The minimum atomic E-state index is -0.310. The molecule has 0 aromatic heterocycles. The maximum atomic E-state index is 14.0. The standard InChI is InChI=1S/C14H18FNO2/c15-12-9-10(14(16)5-6-14)1-2-13(12)18-11-3-7-17-8-4-11/h1-2,9,11H,3-8,16H2. The molecular weight excluding hydrogens is 233 g/mol. The SMILES string of the molecule is NC1(c2ccc(OC3CCOCC3)c(F)c2)CC1. The molecule has 1 aromatic carbocycles. The summed E-state index contributed by atoms with van der Waals surface area (Å²) >= 11 is 0. The van der Waals surface area contributed by atoms with Gasteiger partial charge in [0, 0.05) is 18.4 Å². The Bertz CT molecular complexity index is 439. The van der Waals surface area contributed by atoms with Crippen LogP contribution in [0.3, 0.4) is 0 Å². The van der Waals surface area contributed by atoms with Crippen molar-refractivity contribution in [3.63, 3.8) is 0 Å². The maximum Gasteiger partial charge on any atom is 0.165 e. The van der Waals surface area contributed by atoms with Gasteiger partial charge >= 0.3 is 0 Å². The summed E-state index contributed by atoms with van der Waals surface area (Å²) in [5.74, 6) is 0.0191. The van der Waals surface area contributed by atoms with Gasteiger partial charge in [0.15, 0.2) is 11.6 Å². The minimum Gasteiger partial charge on any atom is -0.487 e. The highest BCUT2D eigenvalue weighted by Crippen LogP contribution is 2.43. The summed E-state index contributed by atoms with van der Waals surface area (Å²) in [6, 6.07) is 5.10. The van der Waals surface area contributed by atoms with Crippen molar-refractivity contribution in [2.75, 3.05) is 13.2 Å². The highest BCUT2D eigenvalue weighted by atomic mass is 19.1. The topological polar surface area (TPSA) is 44.5 Å². The minimum absolute atomic E-state index is 0.0619. The highest BCUT2D eigenvalue weighted by Gasteiger charge is 2.40. The number of benzene rings is 1. The van der Waals surface area contributed by atoms with Crippen LogP contribution in [-0.4, -0.2) is 19.3 Å². The van der Waals surface area contributed by atoms with E-state index in [-0.39, 0.29) is 17.5 Å². The van der Waals surface area contributed by atoms with E-state index in [0.29, 0.717) is 19.0 Å². The first kappa shape index (κ1) is 11.9. The van der Waals surface area contributed by atoms with Gasteiger partial charge in [-0.25, -0.2) is 4.39 Å². The number of rotatable bonds is 3. The molecule has 2 N–H and O–H groups in total. The number of halogens is 1. The van der Waals surface area contributed by atoms with E-state index < -0.39 is 0 Å². The fourth-order valence-corrected chi connectivity index (χ4v) is 2.30. The van der Waals surface area contributed by atoms with Crippen molar-refractivity contribution in [1.82, 2.24) is 0 Å². The van der Waals surface area contributed by atoms with Crippen molar-refractivity contribution >= 4 is 0 Å². The third-order valence-electron chi connectivity index (χ3n) is 3.76. The zero-order chi connectivity index (χ0) is 12.6. The molecule has 18 heavy (non-hydrogen) atoms. The molecule has 4 heteroatoms. The van der Waals surface area contributed by atoms with Gasteiger partial charge in [-0.05, 0) is 30.5 Å². The third kappa shape index (κ3) is 2.35. The molecule has 1 aliphatic heterocycles. The lowest BCUT2D eigenvalue weighted by molar-refractivity contribution is 0.0240. The number of ether oxygens (including phenoxy) is 2. The summed E-state index contributed by atoms with van der Waals surface area (Å²) in [4.78, 5) is 0. The van der Waals surface area contributed by atoms with E-state index in [2.05, 4.69) is 0 Å². The first-order valence-electron chi connectivity index (χ1n) is 6.51. The van der Waals surface area contributed by atoms with Crippen molar-refractivity contribution in [2.24, 2.45) is 5.73 Å². The summed E-state index contributed by atoms with van der Waals surface area (Å²) < 4.78 is 24.9. The van der Waals surface area contributed by atoms with Gasteiger partial charge in [-0.2, -0.15) is 0 Å². The molecule has 1 aliphatic carbocycles. The van der Waals surface area contributed by atoms with Gasteiger partial charge in [0.05, 0.1) is 13.2 Å². The zero-order valence-electron chi connectivity index (χ0n) is 10.3. The molecule has 1 saturated heterocycles. The van der Waals surface area contributed by atoms with Crippen molar-refractivity contribution in [1.29, 1.82) is 0 Å². The molecule has 0 atom stereocenters. The normalized spacial score (nSPS) is 22.8. The number of hydrogen-bond acceptors (Lipinski definition) is 3. The molecule has 2 aliphatic rings. The Morgan fingerprint density at radius 1 is 1.28 bits per heavy atom. The van der Waals surface area contributed by atoms with Crippen LogP contribution in [-0.2, 0) is 10.3 Å². The van der Waals surface area contributed by atoms with Crippen LogP contribution < -0.4 is 10.5 Å². The molecule has 3 rings (SSSR count). The molecule has 2 fully saturated rings. The van der Waals surface area contributed by atoms with Gasteiger partial charge in [-0.3, -0.25) is 0 Å². The Balaban J connectivity index is 1.72. The second-order valence-electron chi connectivity index (χ2n) is 5.23. The molecule has 3 nitrogen and oxygen atoms in total. The van der Waals surface area contributed by atoms with Gasteiger partial charge in [0.25, 0.3) is 0 Å². The van der Waals surface area contributed by atoms with Crippen molar-refractivity contribution in [2.45, 2.75) is 37.3 Å². The summed E-state index contributed by atoms with van der Waals surface area (Å²) in [7, 11) is 0. The zero-order valence-corrected chi connectivity index (χ0v) is 10.3. The summed E-state index contributed by atoms with van der Waals surface area (Å²) in [5.41, 5.74) is 6.63. The third-order valence-corrected chi connectivity index (χ3v) is 3.76. The lowest BCUT2D eigenvalue weighted by Crippen LogP contribution is -2.26. The van der Waals surface area contributed by atoms with E-state index in [1.54, 1.807) is 6.07 Å². The smallest absolute Gasteiger partial charge is 0.165 e. The highest BCUT2D eigenvalue weighted by molar-refractivity contribution is 5.36. The Morgan fingerprint density at radius 2 is 2.00 bits per heavy atom. The largest absolute Gasteiger partial charge is 0.487 e. The second-order valence-corrected chi connectivity index (χ2v) is 5.23. The monoisotopic (exact) mass is 251 g/mol.